The lowest BCUT2D eigenvalue weighted by atomic mass is 10.1. The van der Waals surface area contributed by atoms with Crippen LogP contribution >= 0.6 is 24.0 Å². The Kier molecular flexibility index (Phi) is 10.3. The van der Waals surface area contributed by atoms with Crippen LogP contribution in [0.3, 0.4) is 0 Å². The molecule has 2 aromatic rings. The number of hydrogen-bond donors (Lipinski definition) is 1. The van der Waals surface area contributed by atoms with Gasteiger partial charge in [-0.3, -0.25) is 0 Å². The molecule has 7 nitrogen and oxygen atoms in total. The summed E-state index contributed by atoms with van der Waals surface area (Å²) in [4.78, 5) is 7.23. The SMILES string of the molecule is CCNC(=NCc1cnn(-c2ccccc2)c1)N1CCC(OCC2CCCCO2)CC1.I. The normalized spacial score (nSPS) is 20.1. The fourth-order valence-corrected chi connectivity index (χ4v) is 4.17. The lowest BCUT2D eigenvalue weighted by Gasteiger charge is -2.35. The Morgan fingerprint density at radius 2 is 2.00 bits per heavy atom. The molecule has 3 heterocycles. The standard InChI is InChI=1S/C24H35N5O2.HI/c1-2-25-24(26-16-20-17-27-29(18-20)21-8-4-3-5-9-21)28-13-11-22(12-14-28)31-19-23-10-6-7-15-30-23;/h3-5,8-9,17-18,22-23H,2,6-7,10-16,19H2,1H3,(H,25,26);1H. The van der Waals surface area contributed by atoms with Crippen LogP contribution in [0.5, 0.6) is 0 Å². The zero-order valence-corrected chi connectivity index (χ0v) is 21.3. The van der Waals surface area contributed by atoms with Crippen LogP contribution in [0.4, 0.5) is 0 Å². The molecule has 1 unspecified atom stereocenters. The second-order valence-electron chi connectivity index (χ2n) is 8.31. The smallest absolute Gasteiger partial charge is 0.194 e. The van der Waals surface area contributed by atoms with Crippen LogP contribution in [0.15, 0.2) is 47.7 Å². The number of nitrogens with one attached hydrogen (secondary N) is 1. The van der Waals surface area contributed by atoms with Gasteiger partial charge in [-0.25, -0.2) is 9.67 Å². The van der Waals surface area contributed by atoms with E-state index >= 15 is 0 Å². The Balaban J connectivity index is 0.00000289. The highest BCUT2D eigenvalue weighted by atomic mass is 127. The number of rotatable bonds is 7. The topological polar surface area (TPSA) is 63.9 Å². The summed E-state index contributed by atoms with van der Waals surface area (Å²) in [5.41, 5.74) is 2.16. The maximum atomic E-state index is 6.16. The first-order valence-corrected chi connectivity index (χ1v) is 11.7. The summed E-state index contributed by atoms with van der Waals surface area (Å²) in [7, 11) is 0. The first-order chi connectivity index (χ1) is 15.3. The molecule has 0 bridgehead atoms. The third kappa shape index (κ3) is 7.18. The predicted molar refractivity (Wildman–Crippen MR) is 138 cm³/mol. The Labute approximate surface area is 208 Å². The summed E-state index contributed by atoms with van der Waals surface area (Å²) in [5.74, 6) is 0.976. The average molecular weight is 553 g/mol. The van der Waals surface area contributed by atoms with Crippen LogP contribution in [0.25, 0.3) is 5.69 Å². The van der Waals surface area contributed by atoms with E-state index < -0.39 is 0 Å². The number of guanidine groups is 1. The van der Waals surface area contributed by atoms with Gasteiger partial charge < -0.3 is 19.7 Å². The number of aromatic nitrogens is 2. The van der Waals surface area contributed by atoms with Crippen molar-refractivity contribution in [2.45, 2.75) is 57.8 Å². The number of halogens is 1. The molecule has 2 saturated heterocycles. The van der Waals surface area contributed by atoms with Gasteiger partial charge in [-0.2, -0.15) is 5.10 Å². The van der Waals surface area contributed by atoms with Crippen molar-refractivity contribution in [1.82, 2.24) is 20.0 Å². The van der Waals surface area contributed by atoms with Crippen LogP contribution in [-0.4, -0.2) is 65.7 Å². The highest BCUT2D eigenvalue weighted by Gasteiger charge is 2.23. The maximum absolute atomic E-state index is 6.16. The van der Waals surface area contributed by atoms with E-state index in [-0.39, 0.29) is 24.0 Å². The molecular weight excluding hydrogens is 517 g/mol. The van der Waals surface area contributed by atoms with E-state index in [1.54, 1.807) is 0 Å². The van der Waals surface area contributed by atoms with Gasteiger partial charge in [0.05, 0.1) is 37.2 Å². The minimum Gasteiger partial charge on any atom is -0.376 e. The van der Waals surface area contributed by atoms with Gasteiger partial charge in [-0.05, 0) is 51.2 Å². The molecule has 2 aliphatic heterocycles. The molecule has 1 aromatic carbocycles. The molecule has 2 fully saturated rings. The first kappa shape index (κ1) is 25.0. The Bertz CT molecular complexity index is 815. The summed E-state index contributed by atoms with van der Waals surface area (Å²) < 4.78 is 13.9. The molecule has 0 radical (unpaired) electrons. The third-order valence-corrected chi connectivity index (χ3v) is 5.94. The number of ether oxygens (including phenoxy) is 2. The van der Waals surface area contributed by atoms with Crippen molar-refractivity contribution in [3.63, 3.8) is 0 Å². The van der Waals surface area contributed by atoms with Crippen LogP contribution in [-0.2, 0) is 16.0 Å². The molecule has 1 aromatic heterocycles. The summed E-state index contributed by atoms with van der Waals surface area (Å²) in [6.07, 6.45) is 10.2. The third-order valence-electron chi connectivity index (χ3n) is 5.94. The molecule has 32 heavy (non-hydrogen) atoms. The van der Waals surface area contributed by atoms with E-state index in [1.807, 2.05) is 29.1 Å². The fourth-order valence-electron chi connectivity index (χ4n) is 4.17. The number of aliphatic imine (C=N–C) groups is 1. The fraction of sp³-hybridized carbons (Fsp3) is 0.583. The number of piperidine rings is 1. The second kappa shape index (κ2) is 13.2. The minimum atomic E-state index is 0. The summed E-state index contributed by atoms with van der Waals surface area (Å²) >= 11 is 0. The van der Waals surface area contributed by atoms with Crippen molar-refractivity contribution in [3.8, 4) is 5.69 Å². The van der Waals surface area contributed by atoms with Crippen LogP contribution in [0.1, 0.15) is 44.6 Å². The van der Waals surface area contributed by atoms with Gasteiger partial charge in [0.1, 0.15) is 0 Å². The van der Waals surface area contributed by atoms with Crippen molar-refractivity contribution in [2.75, 3.05) is 32.8 Å². The quantitative estimate of drug-likeness (QED) is 0.319. The zero-order valence-electron chi connectivity index (χ0n) is 19.0. The molecule has 0 spiro atoms. The highest BCUT2D eigenvalue weighted by molar-refractivity contribution is 14.0. The van der Waals surface area contributed by atoms with Gasteiger partial charge in [0, 0.05) is 38.0 Å². The van der Waals surface area contributed by atoms with Crippen LogP contribution < -0.4 is 5.32 Å². The molecule has 2 aliphatic rings. The lowest BCUT2D eigenvalue weighted by molar-refractivity contribution is -0.0721. The molecule has 8 heteroatoms. The second-order valence-corrected chi connectivity index (χ2v) is 8.31. The van der Waals surface area contributed by atoms with Crippen molar-refractivity contribution < 1.29 is 9.47 Å². The monoisotopic (exact) mass is 553 g/mol. The van der Waals surface area contributed by atoms with Gasteiger partial charge in [-0.1, -0.05) is 18.2 Å². The number of likely N-dealkylation sites (tertiary alicyclic amines) is 1. The van der Waals surface area contributed by atoms with Crippen molar-refractivity contribution in [2.24, 2.45) is 4.99 Å². The van der Waals surface area contributed by atoms with Crippen LogP contribution in [0, 0.1) is 0 Å². The largest absolute Gasteiger partial charge is 0.376 e. The number of hydrogen-bond acceptors (Lipinski definition) is 4. The Morgan fingerprint density at radius 3 is 2.72 bits per heavy atom. The summed E-state index contributed by atoms with van der Waals surface area (Å²) in [6.45, 7) is 7.14. The van der Waals surface area contributed by atoms with Crippen LogP contribution in [0.2, 0.25) is 0 Å². The van der Waals surface area contributed by atoms with Crippen molar-refractivity contribution in [1.29, 1.82) is 0 Å². The van der Waals surface area contributed by atoms with Crippen molar-refractivity contribution in [3.05, 3.63) is 48.3 Å². The number of nitrogens with zero attached hydrogens (tertiary/aromatic N) is 4. The summed E-state index contributed by atoms with van der Waals surface area (Å²) in [6, 6.07) is 10.2. The maximum Gasteiger partial charge on any atom is 0.194 e. The van der Waals surface area contributed by atoms with Gasteiger partial charge in [0.15, 0.2) is 5.96 Å². The van der Waals surface area contributed by atoms with Gasteiger partial charge >= 0.3 is 0 Å². The Hall–Kier alpha value is -1.65. The highest BCUT2D eigenvalue weighted by Crippen LogP contribution is 2.18. The molecule has 1 N–H and O–H groups in total. The molecule has 4 rings (SSSR count). The Morgan fingerprint density at radius 1 is 1.19 bits per heavy atom. The molecule has 0 aliphatic carbocycles. The zero-order chi connectivity index (χ0) is 21.3. The van der Waals surface area contributed by atoms with E-state index in [0.717, 1.165) is 69.3 Å². The van der Waals surface area contributed by atoms with Gasteiger partial charge in [0.25, 0.3) is 0 Å². The average Bonchev–Trinajstić information content (AvgIpc) is 3.31. The summed E-state index contributed by atoms with van der Waals surface area (Å²) in [5, 5.41) is 7.93. The number of benzene rings is 1. The first-order valence-electron chi connectivity index (χ1n) is 11.7. The minimum absolute atomic E-state index is 0. The van der Waals surface area contributed by atoms with E-state index in [0.29, 0.717) is 18.8 Å². The van der Waals surface area contributed by atoms with E-state index in [1.165, 1.54) is 12.8 Å². The van der Waals surface area contributed by atoms with Crippen molar-refractivity contribution >= 4 is 29.9 Å². The van der Waals surface area contributed by atoms with E-state index in [9.17, 15) is 0 Å². The molecule has 0 amide bonds. The predicted octanol–water partition coefficient (Wildman–Crippen LogP) is 4.01. The van der Waals surface area contributed by atoms with Gasteiger partial charge in [-0.15, -0.1) is 24.0 Å². The van der Waals surface area contributed by atoms with Gasteiger partial charge in [0.2, 0.25) is 0 Å². The molecule has 176 valence electrons. The molecular formula is C24H36IN5O2. The molecule has 0 saturated carbocycles. The lowest BCUT2D eigenvalue weighted by Crippen LogP contribution is -2.47. The van der Waals surface area contributed by atoms with E-state index in [2.05, 4.69) is 40.6 Å². The number of para-hydroxylation sites is 1. The molecule has 1 atom stereocenters. The van der Waals surface area contributed by atoms with E-state index in [4.69, 9.17) is 14.5 Å².